The first-order chi connectivity index (χ1) is 4.76. The SMILES string of the molecule is C/C=C(C=O)\C(F)=C/CC. The fraction of sp³-hybridized carbons (Fsp3) is 0.375. The fourth-order valence-electron chi connectivity index (χ4n) is 0.559. The van der Waals surface area contributed by atoms with Crippen LogP contribution in [0.4, 0.5) is 4.39 Å². The normalized spacial score (nSPS) is 13.5. The summed E-state index contributed by atoms with van der Waals surface area (Å²) in [4.78, 5) is 10.1. The molecule has 0 aromatic rings. The number of carbonyl (C=O) groups is 1. The second-order valence-electron chi connectivity index (χ2n) is 1.82. The van der Waals surface area contributed by atoms with E-state index in [1.165, 1.54) is 12.2 Å². The predicted molar refractivity (Wildman–Crippen MR) is 39.3 cm³/mol. The van der Waals surface area contributed by atoms with Crippen molar-refractivity contribution >= 4 is 6.29 Å². The first kappa shape index (κ1) is 9.08. The lowest BCUT2D eigenvalue weighted by Gasteiger charge is -1.91. The van der Waals surface area contributed by atoms with Gasteiger partial charge in [0.15, 0.2) is 6.29 Å². The molecule has 0 aliphatic carbocycles. The fourth-order valence-corrected chi connectivity index (χ4v) is 0.559. The molecular formula is C8H11FO. The average molecular weight is 142 g/mol. The molecule has 0 aromatic carbocycles. The Morgan fingerprint density at radius 2 is 2.20 bits per heavy atom. The van der Waals surface area contributed by atoms with Gasteiger partial charge in [0.05, 0.1) is 0 Å². The molecule has 0 aliphatic rings. The van der Waals surface area contributed by atoms with Crippen LogP contribution in [0.25, 0.3) is 0 Å². The van der Waals surface area contributed by atoms with Crippen LogP contribution in [0.2, 0.25) is 0 Å². The van der Waals surface area contributed by atoms with Gasteiger partial charge in [-0.2, -0.15) is 0 Å². The van der Waals surface area contributed by atoms with Crippen molar-refractivity contribution in [2.45, 2.75) is 20.3 Å². The van der Waals surface area contributed by atoms with E-state index in [9.17, 15) is 9.18 Å². The molecule has 0 atom stereocenters. The summed E-state index contributed by atoms with van der Waals surface area (Å²) in [5.41, 5.74) is 0.127. The number of halogens is 1. The zero-order valence-electron chi connectivity index (χ0n) is 6.23. The second kappa shape index (κ2) is 4.91. The maximum atomic E-state index is 12.6. The summed E-state index contributed by atoms with van der Waals surface area (Å²) in [6, 6.07) is 0. The van der Waals surface area contributed by atoms with Gasteiger partial charge in [0.1, 0.15) is 5.83 Å². The molecular weight excluding hydrogens is 131 g/mol. The molecule has 0 heterocycles. The van der Waals surface area contributed by atoms with Crippen LogP contribution in [-0.4, -0.2) is 6.29 Å². The molecule has 0 aliphatic heterocycles. The topological polar surface area (TPSA) is 17.1 Å². The number of hydrogen-bond donors (Lipinski definition) is 0. The highest BCUT2D eigenvalue weighted by atomic mass is 19.1. The van der Waals surface area contributed by atoms with E-state index in [2.05, 4.69) is 0 Å². The first-order valence-corrected chi connectivity index (χ1v) is 3.23. The number of hydrogen-bond acceptors (Lipinski definition) is 1. The molecule has 0 saturated carbocycles. The van der Waals surface area contributed by atoms with Crippen molar-refractivity contribution < 1.29 is 9.18 Å². The van der Waals surface area contributed by atoms with E-state index in [-0.39, 0.29) is 5.57 Å². The zero-order valence-corrected chi connectivity index (χ0v) is 6.23. The Kier molecular flexibility index (Phi) is 4.46. The predicted octanol–water partition coefficient (Wildman–Crippen LogP) is 2.40. The maximum absolute atomic E-state index is 12.6. The van der Waals surface area contributed by atoms with E-state index in [1.54, 1.807) is 6.92 Å². The number of aldehydes is 1. The highest BCUT2D eigenvalue weighted by Gasteiger charge is 1.98. The Balaban J connectivity index is 4.30. The minimum atomic E-state index is -0.431. The van der Waals surface area contributed by atoms with E-state index in [0.29, 0.717) is 12.7 Å². The second-order valence-corrected chi connectivity index (χ2v) is 1.82. The summed E-state index contributed by atoms with van der Waals surface area (Å²) in [5, 5.41) is 0. The van der Waals surface area contributed by atoms with Crippen molar-refractivity contribution in [3.63, 3.8) is 0 Å². The maximum Gasteiger partial charge on any atom is 0.152 e. The highest BCUT2D eigenvalue weighted by Crippen LogP contribution is 2.08. The Morgan fingerprint density at radius 1 is 1.60 bits per heavy atom. The summed E-state index contributed by atoms with van der Waals surface area (Å²) in [7, 11) is 0. The van der Waals surface area contributed by atoms with Crippen LogP contribution < -0.4 is 0 Å². The van der Waals surface area contributed by atoms with Crippen LogP contribution in [0.15, 0.2) is 23.6 Å². The molecule has 0 fully saturated rings. The van der Waals surface area contributed by atoms with E-state index >= 15 is 0 Å². The van der Waals surface area contributed by atoms with Crippen LogP contribution >= 0.6 is 0 Å². The summed E-state index contributed by atoms with van der Waals surface area (Å²) < 4.78 is 12.6. The molecule has 1 nitrogen and oxygen atoms in total. The Bertz CT molecular complexity index is 168. The van der Waals surface area contributed by atoms with Gasteiger partial charge in [-0.15, -0.1) is 0 Å². The molecule has 0 aromatic heterocycles. The summed E-state index contributed by atoms with van der Waals surface area (Å²) in [6.07, 6.45) is 3.96. The quantitative estimate of drug-likeness (QED) is 0.336. The minimum Gasteiger partial charge on any atom is -0.298 e. The molecule has 10 heavy (non-hydrogen) atoms. The molecule has 0 amide bonds. The van der Waals surface area contributed by atoms with Crippen molar-refractivity contribution in [3.8, 4) is 0 Å². The number of allylic oxidation sites excluding steroid dienone is 4. The highest BCUT2D eigenvalue weighted by molar-refractivity contribution is 5.78. The summed E-state index contributed by atoms with van der Waals surface area (Å²) >= 11 is 0. The van der Waals surface area contributed by atoms with E-state index < -0.39 is 5.83 Å². The van der Waals surface area contributed by atoms with Crippen LogP contribution in [0.1, 0.15) is 20.3 Å². The van der Waals surface area contributed by atoms with Crippen LogP contribution in [0, 0.1) is 0 Å². The summed E-state index contributed by atoms with van der Waals surface area (Å²) in [6.45, 7) is 3.45. The van der Waals surface area contributed by atoms with Gasteiger partial charge in [0.2, 0.25) is 0 Å². The van der Waals surface area contributed by atoms with E-state index in [1.807, 2.05) is 6.92 Å². The number of carbonyl (C=O) groups excluding carboxylic acids is 1. The van der Waals surface area contributed by atoms with Gasteiger partial charge in [-0.1, -0.05) is 13.0 Å². The van der Waals surface area contributed by atoms with Crippen molar-refractivity contribution in [1.29, 1.82) is 0 Å². The smallest absolute Gasteiger partial charge is 0.152 e. The van der Waals surface area contributed by atoms with Crippen molar-refractivity contribution in [2.75, 3.05) is 0 Å². The number of rotatable bonds is 3. The van der Waals surface area contributed by atoms with Crippen LogP contribution in [0.5, 0.6) is 0 Å². The van der Waals surface area contributed by atoms with Gasteiger partial charge in [-0.05, 0) is 19.4 Å². The van der Waals surface area contributed by atoms with Crippen molar-refractivity contribution in [3.05, 3.63) is 23.6 Å². The van der Waals surface area contributed by atoms with Gasteiger partial charge in [0, 0.05) is 5.57 Å². The third-order valence-electron chi connectivity index (χ3n) is 1.10. The standard InChI is InChI=1S/C8H11FO/c1-3-5-8(9)7(4-2)6-10/h4-6H,3H2,1-2H3/b7-4-,8-5+. The van der Waals surface area contributed by atoms with Gasteiger partial charge >= 0.3 is 0 Å². The van der Waals surface area contributed by atoms with Gasteiger partial charge in [-0.25, -0.2) is 4.39 Å². The van der Waals surface area contributed by atoms with Crippen molar-refractivity contribution in [1.82, 2.24) is 0 Å². The van der Waals surface area contributed by atoms with E-state index in [0.717, 1.165) is 0 Å². The lowest BCUT2D eigenvalue weighted by Crippen LogP contribution is -1.83. The zero-order chi connectivity index (χ0) is 7.98. The summed E-state index contributed by atoms with van der Waals surface area (Å²) in [5.74, 6) is -0.431. The molecule has 0 radical (unpaired) electrons. The third kappa shape index (κ3) is 2.58. The Morgan fingerprint density at radius 3 is 2.50 bits per heavy atom. The van der Waals surface area contributed by atoms with Gasteiger partial charge < -0.3 is 0 Å². The first-order valence-electron chi connectivity index (χ1n) is 3.23. The van der Waals surface area contributed by atoms with Crippen molar-refractivity contribution in [2.24, 2.45) is 0 Å². The Hall–Kier alpha value is -0.920. The molecule has 0 saturated heterocycles. The average Bonchev–Trinajstić information content (AvgIpc) is 1.91. The third-order valence-corrected chi connectivity index (χ3v) is 1.10. The molecule has 2 heteroatoms. The molecule has 0 rings (SSSR count). The van der Waals surface area contributed by atoms with Gasteiger partial charge in [0.25, 0.3) is 0 Å². The lowest BCUT2D eigenvalue weighted by molar-refractivity contribution is -0.104. The van der Waals surface area contributed by atoms with E-state index in [4.69, 9.17) is 0 Å². The van der Waals surface area contributed by atoms with Crippen LogP contribution in [-0.2, 0) is 4.79 Å². The van der Waals surface area contributed by atoms with Crippen LogP contribution in [0.3, 0.4) is 0 Å². The molecule has 0 spiro atoms. The minimum absolute atomic E-state index is 0.127. The largest absolute Gasteiger partial charge is 0.298 e. The molecule has 0 unspecified atom stereocenters. The lowest BCUT2D eigenvalue weighted by atomic mass is 10.2. The molecule has 0 bridgehead atoms. The molecule has 0 N–H and O–H groups in total. The van der Waals surface area contributed by atoms with Gasteiger partial charge in [-0.3, -0.25) is 4.79 Å². The molecule has 56 valence electrons. The Labute approximate surface area is 60.2 Å². The monoisotopic (exact) mass is 142 g/mol.